The van der Waals surface area contributed by atoms with Gasteiger partial charge >= 0.3 is 5.97 Å². The van der Waals surface area contributed by atoms with Crippen molar-refractivity contribution in [3.63, 3.8) is 0 Å². The number of esters is 1. The van der Waals surface area contributed by atoms with E-state index in [1.807, 2.05) is 10.6 Å². The molecule has 0 spiro atoms. The number of aromatic nitrogens is 4. The third-order valence-corrected chi connectivity index (χ3v) is 4.34. The number of imidazole rings is 1. The summed E-state index contributed by atoms with van der Waals surface area (Å²) < 4.78 is 12.9. The van der Waals surface area contributed by atoms with Crippen LogP contribution in [-0.4, -0.2) is 43.3 Å². The van der Waals surface area contributed by atoms with Crippen molar-refractivity contribution in [2.45, 2.75) is 32.1 Å². The molecule has 27 heavy (non-hydrogen) atoms. The number of carbonyl (C=O) groups is 1. The quantitative estimate of drug-likeness (QED) is 0.660. The number of anilines is 2. The number of aromatic hydroxyl groups is 1. The van der Waals surface area contributed by atoms with Gasteiger partial charge in [-0.2, -0.15) is 0 Å². The summed E-state index contributed by atoms with van der Waals surface area (Å²) in [4.78, 5) is 24.0. The Labute approximate surface area is 155 Å². The van der Waals surface area contributed by atoms with Crippen molar-refractivity contribution in [2.24, 2.45) is 0 Å². The standard InChI is InChI=1S/C18H19N5O4/c1-11(24)26-8-14-5-6-15(27-14)23-10-21-16-17(19-9-20-18(16)23)22-12-3-2-4-13(25)7-12/h2-4,7,9-10,14-15,25H,5-6,8H2,1H3,(H,19,20,22). The molecular weight excluding hydrogens is 350 g/mol. The van der Waals surface area contributed by atoms with Crippen LogP contribution in [0.1, 0.15) is 26.0 Å². The third kappa shape index (κ3) is 3.68. The number of benzene rings is 1. The molecule has 2 unspecified atom stereocenters. The molecule has 9 nitrogen and oxygen atoms in total. The molecule has 1 fully saturated rings. The van der Waals surface area contributed by atoms with Gasteiger partial charge in [0.15, 0.2) is 17.0 Å². The maximum atomic E-state index is 11.0. The van der Waals surface area contributed by atoms with Gasteiger partial charge in [-0.05, 0) is 25.0 Å². The Morgan fingerprint density at radius 1 is 1.37 bits per heavy atom. The first-order chi connectivity index (χ1) is 13.1. The summed E-state index contributed by atoms with van der Waals surface area (Å²) in [6.45, 7) is 1.63. The van der Waals surface area contributed by atoms with E-state index >= 15 is 0 Å². The number of fused-ring (bicyclic) bond motifs is 1. The van der Waals surface area contributed by atoms with Crippen LogP contribution in [-0.2, 0) is 14.3 Å². The van der Waals surface area contributed by atoms with Crippen molar-refractivity contribution in [1.29, 1.82) is 0 Å². The SMILES string of the molecule is CC(=O)OCC1CCC(n2cnc3c(Nc4cccc(O)c4)ncnc32)O1. The summed E-state index contributed by atoms with van der Waals surface area (Å²) in [5.41, 5.74) is 1.95. The Morgan fingerprint density at radius 2 is 2.26 bits per heavy atom. The molecule has 0 aliphatic carbocycles. The van der Waals surface area contributed by atoms with Crippen LogP contribution in [0.25, 0.3) is 11.2 Å². The van der Waals surface area contributed by atoms with Gasteiger partial charge < -0.3 is 19.9 Å². The molecule has 140 valence electrons. The Hall–Kier alpha value is -3.20. The minimum atomic E-state index is -0.314. The van der Waals surface area contributed by atoms with Gasteiger partial charge in [0.05, 0.1) is 12.4 Å². The molecule has 0 amide bonds. The summed E-state index contributed by atoms with van der Waals surface area (Å²) in [7, 11) is 0. The van der Waals surface area contributed by atoms with Crippen LogP contribution in [0, 0.1) is 0 Å². The predicted molar refractivity (Wildman–Crippen MR) is 96.5 cm³/mol. The second-order valence-electron chi connectivity index (χ2n) is 6.31. The number of nitrogens with zero attached hydrogens (tertiary/aromatic N) is 4. The number of carbonyl (C=O) groups excluding carboxylic acids is 1. The van der Waals surface area contributed by atoms with Gasteiger partial charge in [0.25, 0.3) is 0 Å². The van der Waals surface area contributed by atoms with Gasteiger partial charge in [0, 0.05) is 18.7 Å². The van der Waals surface area contributed by atoms with Gasteiger partial charge in [0.2, 0.25) is 0 Å². The maximum absolute atomic E-state index is 11.0. The number of ether oxygens (including phenoxy) is 2. The molecule has 9 heteroatoms. The van der Waals surface area contributed by atoms with Crippen LogP contribution in [0.4, 0.5) is 11.5 Å². The van der Waals surface area contributed by atoms with Crippen LogP contribution in [0.2, 0.25) is 0 Å². The smallest absolute Gasteiger partial charge is 0.302 e. The molecule has 4 rings (SSSR count). The van der Waals surface area contributed by atoms with Crippen LogP contribution in [0.3, 0.4) is 0 Å². The summed E-state index contributed by atoms with van der Waals surface area (Å²) in [5.74, 6) is 0.387. The molecule has 3 heterocycles. The van der Waals surface area contributed by atoms with Gasteiger partial charge in [0.1, 0.15) is 24.9 Å². The van der Waals surface area contributed by atoms with E-state index in [9.17, 15) is 9.90 Å². The summed E-state index contributed by atoms with van der Waals surface area (Å²) in [6, 6.07) is 6.76. The molecule has 2 atom stereocenters. The fraction of sp³-hybridized carbons (Fsp3) is 0.333. The Balaban J connectivity index is 1.55. The Bertz CT molecular complexity index is 973. The van der Waals surface area contributed by atoms with E-state index in [-0.39, 0.29) is 30.7 Å². The molecule has 0 radical (unpaired) electrons. The number of hydrogen-bond donors (Lipinski definition) is 2. The van der Waals surface area contributed by atoms with E-state index in [0.29, 0.717) is 22.7 Å². The molecule has 0 bridgehead atoms. The van der Waals surface area contributed by atoms with Crippen molar-refractivity contribution in [2.75, 3.05) is 11.9 Å². The average molecular weight is 369 g/mol. The molecule has 1 aliphatic heterocycles. The topological polar surface area (TPSA) is 111 Å². The first-order valence-electron chi connectivity index (χ1n) is 8.62. The van der Waals surface area contributed by atoms with Crippen molar-refractivity contribution in [1.82, 2.24) is 19.5 Å². The lowest BCUT2D eigenvalue weighted by Gasteiger charge is -2.15. The highest BCUT2D eigenvalue weighted by molar-refractivity contribution is 5.85. The highest BCUT2D eigenvalue weighted by atomic mass is 16.6. The van der Waals surface area contributed by atoms with Crippen molar-refractivity contribution in [3.05, 3.63) is 36.9 Å². The Kier molecular flexibility index (Phi) is 4.59. The van der Waals surface area contributed by atoms with Crippen molar-refractivity contribution >= 4 is 28.6 Å². The van der Waals surface area contributed by atoms with Crippen LogP contribution in [0.15, 0.2) is 36.9 Å². The van der Waals surface area contributed by atoms with E-state index in [4.69, 9.17) is 9.47 Å². The van der Waals surface area contributed by atoms with E-state index < -0.39 is 0 Å². The monoisotopic (exact) mass is 369 g/mol. The largest absolute Gasteiger partial charge is 0.508 e. The van der Waals surface area contributed by atoms with Gasteiger partial charge in [-0.1, -0.05) is 6.07 Å². The zero-order valence-electron chi connectivity index (χ0n) is 14.7. The molecule has 1 saturated heterocycles. The molecule has 3 aromatic rings. The van der Waals surface area contributed by atoms with E-state index in [2.05, 4.69) is 20.3 Å². The molecule has 2 aromatic heterocycles. The van der Waals surface area contributed by atoms with Crippen molar-refractivity contribution in [3.8, 4) is 5.75 Å². The zero-order valence-corrected chi connectivity index (χ0v) is 14.7. The normalized spacial score (nSPS) is 19.3. The third-order valence-electron chi connectivity index (χ3n) is 4.34. The minimum absolute atomic E-state index is 0.136. The van der Waals surface area contributed by atoms with E-state index in [1.54, 1.807) is 24.5 Å². The highest BCUT2D eigenvalue weighted by Gasteiger charge is 2.29. The van der Waals surface area contributed by atoms with Gasteiger partial charge in [-0.3, -0.25) is 9.36 Å². The minimum Gasteiger partial charge on any atom is -0.508 e. The lowest BCUT2D eigenvalue weighted by Crippen LogP contribution is -2.18. The first kappa shape index (κ1) is 17.2. The highest BCUT2D eigenvalue weighted by Crippen LogP contribution is 2.32. The predicted octanol–water partition coefficient (Wildman–Crippen LogP) is 2.52. The summed E-state index contributed by atoms with van der Waals surface area (Å²) in [6.07, 6.45) is 4.33. The van der Waals surface area contributed by atoms with E-state index in [1.165, 1.54) is 13.3 Å². The molecule has 2 N–H and O–H groups in total. The van der Waals surface area contributed by atoms with Crippen LogP contribution < -0.4 is 5.32 Å². The Morgan fingerprint density at radius 3 is 3.07 bits per heavy atom. The summed E-state index contributed by atoms with van der Waals surface area (Å²) in [5, 5.41) is 12.8. The van der Waals surface area contributed by atoms with Gasteiger partial charge in [-0.25, -0.2) is 15.0 Å². The lowest BCUT2D eigenvalue weighted by atomic mass is 10.2. The number of phenolic OH excluding ortho intramolecular Hbond substituents is 1. The zero-order chi connectivity index (χ0) is 18.8. The molecule has 1 aliphatic rings. The van der Waals surface area contributed by atoms with Crippen LogP contribution >= 0.6 is 0 Å². The number of rotatable bonds is 5. The van der Waals surface area contributed by atoms with Gasteiger partial charge in [-0.15, -0.1) is 0 Å². The first-order valence-corrected chi connectivity index (χ1v) is 8.62. The fourth-order valence-electron chi connectivity index (χ4n) is 3.10. The average Bonchev–Trinajstić information content (AvgIpc) is 3.27. The number of nitrogens with one attached hydrogen (secondary N) is 1. The van der Waals surface area contributed by atoms with Crippen LogP contribution in [0.5, 0.6) is 5.75 Å². The lowest BCUT2D eigenvalue weighted by molar-refractivity contribution is -0.145. The fourth-order valence-corrected chi connectivity index (χ4v) is 3.10. The molecule has 0 saturated carbocycles. The summed E-state index contributed by atoms with van der Waals surface area (Å²) >= 11 is 0. The second kappa shape index (κ2) is 7.20. The number of hydrogen-bond acceptors (Lipinski definition) is 8. The van der Waals surface area contributed by atoms with Crippen molar-refractivity contribution < 1.29 is 19.4 Å². The second-order valence-corrected chi connectivity index (χ2v) is 6.31. The maximum Gasteiger partial charge on any atom is 0.302 e. The number of phenols is 1. The molecule has 1 aromatic carbocycles. The molecular formula is C18H19N5O4. The van der Waals surface area contributed by atoms with E-state index in [0.717, 1.165) is 12.8 Å².